The lowest BCUT2D eigenvalue weighted by Crippen LogP contribution is -2.13. The van der Waals surface area contributed by atoms with E-state index in [2.05, 4.69) is 6.92 Å². The maximum atomic E-state index is 11.0. The van der Waals surface area contributed by atoms with Gasteiger partial charge in [-0.1, -0.05) is 13.3 Å². The Labute approximate surface area is 95.0 Å². The van der Waals surface area contributed by atoms with Crippen LogP contribution >= 0.6 is 0 Å². The van der Waals surface area contributed by atoms with E-state index in [9.17, 15) is 4.79 Å². The van der Waals surface area contributed by atoms with Crippen LogP contribution in [0.15, 0.2) is 18.2 Å². The van der Waals surface area contributed by atoms with Crippen molar-refractivity contribution < 1.29 is 14.6 Å². The quantitative estimate of drug-likeness (QED) is 0.752. The van der Waals surface area contributed by atoms with Gasteiger partial charge in [0, 0.05) is 11.8 Å². The van der Waals surface area contributed by atoms with Crippen molar-refractivity contribution in [2.75, 3.05) is 5.73 Å². The van der Waals surface area contributed by atoms with Crippen LogP contribution in [0.1, 0.15) is 37.0 Å². The molecule has 1 atom stereocenters. The highest BCUT2D eigenvalue weighted by atomic mass is 16.5. The summed E-state index contributed by atoms with van der Waals surface area (Å²) >= 11 is 0. The van der Waals surface area contributed by atoms with E-state index in [0.29, 0.717) is 11.4 Å². The van der Waals surface area contributed by atoms with Crippen molar-refractivity contribution in [3.8, 4) is 5.75 Å². The molecule has 3 N–H and O–H groups in total. The molecule has 0 aliphatic heterocycles. The molecule has 0 aliphatic rings. The second-order valence-corrected chi connectivity index (χ2v) is 3.78. The Morgan fingerprint density at radius 1 is 1.56 bits per heavy atom. The van der Waals surface area contributed by atoms with Crippen molar-refractivity contribution >= 4 is 11.7 Å². The van der Waals surface area contributed by atoms with Gasteiger partial charge in [0.1, 0.15) is 11.3 Å². The van der Waals surface area contributed by atoms with E-state index in [1.54, 1.807) is 12.1 Å². The van der Waals surface area contributed by atoms with Crippen LogP contribution in [0.5, 0.6) is 5.75 Å². The van der Waals surface area contributed by atoms with E-state index in [1.807, 2.05) is 6.92 Å². The molecule has 4 heteroatoms. The Hall–Kier alpha value is -1.71. The molecule has 0 heterocycles. The lowest BCUT2D eigenvalue weighted by Gasteiger charge is -2.15. The molecule has 0 aromatic heterocycles. The van der Waals surface area contributed by atoms with Gasteiger partial charge in [-0.15, -0.1) is 0 Å². The molecule has 0 amide bonds. The van der Waals surface area contributed by atoms with Gasteiger partial charge in [-0.25, -0.2) is 4.79 Å². The van der Waals surface area contributed by atoms with Gasteiger partial charge in [0.05, 0.1) is 6.10 Å². The van der Waals surface area contributed by atoms with Crippen molar-refractivity contribution in [1.82, 2.24) is 0 Å². The lowest BCUT2D eigenvalue weighted by molar-refractivity contribution is 0.0689. The topological polar surface area (TPSA) is 72.5 Å². The summed E-state index contributed by atoms with van der Waals surface area (Å²) in [6.07, 6.45) is 1.87. The van der Waals surface area contributed by atoms with E-state index >= 15 is 0 Å². The first-order chi connectivity index (χ1) is 7.54. The van der Waals surface area contributed by atoms with Gasteiger partial charge >= 0.3 is 5.97 Å². The largest absolute Gasteiger partial charge is 0.490 e. The molecule has 16 heavy (non-hydrogen) atoms. The van der Waals surface area contributed by atoms with Gasteiger partial charge in [0.25, 0.3) is 0 Å². The summed E-state index contributed by atoms with van der Waals surface area (Å²) in [5.74, 6) is -0.660. The highest BCUT2D eigenvalue weighted by molar-refractivity contribution is 5.91. The van der Waals surface area contributed by atoms with Gasteiger partial charge in [0.2, 0.25) is 0 Å². The van der Waals surface area contributed by atoms with Crippen LogP contribution in [-0.2, 0) is 0 Å². The number of nitrogen functional groups attached to an aromatic ring is 1. The molecule has 88 valence electrons. The minimum Gasteiger partial charge on any atom is -0.490 e. The number of ether oxygens (including phenoxy) is 1. The maximum absolute atomic E-state index is 11.0. The molecule has 1 unspecified atom stereocenters. The molecule has 0 aliphatic carbocycles. The highest BCUT2D eigenvalue weighted by Crippen LogP contribution is 2.23. The number of rotatable bonds is 5. The molecule has 1 rings (SSSR count). The zero-order valence-corrected chi connectivity index (χ0v) is 9.56. The molecule has 0 saturated heterocycles. The maximum Gasteiger partial charge on any atom is 0.339 e. The molecule has 0 saturated carbocycles. The number of carboxylic acids is 1. The Morgan fingerprint density at radius 2 is 2.25 bits per heavy atom. The molecular weight excluding hydrogens is 206 g/mol. The van der Waals surface area contributed by atoms with Crippen LogP contribution in [0.25, 0.3) is 0 Å². The Balaban J connectivity index is 2.92. The van der Waals surface area contributed by atoms with Crippen LogP contribution < -0.4 is 10.5 Å². The van der Waals surface area contributed by atoms with E-state index in [-0.39, 0.29) is 11.7 Å². The molecular formula is C12H17NO3. The minimum absolute atomic E-state index is 0.00935. The average molecular weight is 223 g/mol. The average Bonchev–Trinajstić information content (AvgIpc) is 2.17. The monoisotopic (exact) mass is 223 g/mol. The number of nitrogens with two attached hydrogens (primary N) is 1. The Kier molecular flexibility index (Phi) is 4.17. The summed E-state index contributed by atoms with van der Waals surface area (Å²) in [6.45, 7) is 3.97. The minimum atomic E-state index is -1.00. The molecule has 0 fully saturated rings. The third kappa shape index (κ3) is 3.15. The predicted molar refractivity (Wildman–Crippen MR) is 62.8 cm³/mol. The summed E-state index contributed by atoms with van der Waals surface area (Å²) in [7, 11) is 0. The van der Waals surface area contributed by atoms with Crippen LogP contribution in [0.3, 0.4) is 0 Å². The summed E-state index contributed by atoms with van der Waals surface area (Å²) in [5.41, 5.74) is 6.26. The first kappa shape index (κ1) is 12.4. The number of anilines is 1. The SMILES string of the molecule is CCCC(C)Oc1cc(N)ccc1C(=O)O. The number of benzene rings is 1. The first-order valence-electron chi connectivity index (χ1n) is 5.34. The van der Waals surface area contributed by atoms with E-state index < -0.39 is 5.97 Å². The summed E-state index contributed by atoms with van der Waals surface area (Å²) in [4.78, 5) is 11.0. The number of carboxylic acid groups (broad SMARTS) is 1. The van der Waals surface area contributed by atoms with Gasteiger partial charge < -0.3 is 15.6 Å². The number of hydrogen-bond acceptors (Lipinski definition) is 3. The third-order valence-corrected chi connectivity index (χ3v) is 2.26. The number of aromatic carboxylic acids is 1. The Bertz CT molecular complexity index is 377. The van der Waals surface area contributed by atoms with E-state index in [1.165, 1.54) is 6.07 Å². The first-order valence-corrected chi connectivity index (χ1v) is 5.34. The zero-order valence-electron chi connectivity index (χ0n) is 9.56. The normalized spacial score (nSPS) is 12.1. The van der Waals surface area contributed by atoms with Crippen LogP contribution in [0, 0.1) is 0 Å². The van der Waals surface area contributed by atoms with Crippen molar-refractivity contribution in [2.45, 2.75) is 32.8 Å². The molecule has 0 spiro atoms. The summed E-state index contributed by atoms with van der Waals surface area (Å²) in [5, 5.41) is 8.98. The second kappa shape index (κ2) is 5.39. The van der Waals surface area contributed by atoms with Crippen LogP contribution in [0.2, 0.25) is 0 Å². The lowest BCUT2D eigenvalue weighted by atomic mass is 10.1. The third-order valence-electron chi connectivity index (χ3n) is 2.26. The molecule has 1 aromatic rings. The summed E-state index contributed by atoms with van der Waals surface area (Å²) < 4.78 is 5.57. The fraction of sp³-hybridized carbons (Fsp3) is 0.417. The van der Waals surface area contributed by atoms with Gasteiger partial charge in [-0.2, -0.15) is 0 Å². The van der Waals surface area contributed by atoms with Crippen molar-refractivity contribution in [2.24, 2.45) is 0 Å². The smallest absolute Gasteiger partial charge is 0.339 e. The van der Waals surface area contributed by atoms with Crippen molar-refractivity contribution in [3.63, 3.8) is 0 Å². The molecule has 1 aromatic carbocycles. The van der Waals surface area contributed by atoms with Gasteiger partial charge in [-0.05, 0) is 25.5 Å². The number of carbonyl (C=O) groups is 1. The Morgan fingerprint density at radius 3 is 2.81 bits per heavy atom. The van der Waals surface area contributed by atoms with Crippen molar-refractivity contribution in [3.05, 3.63) is 23.8 Å². The van der Waals surface area contributed by atoms with Crippen molar-refractivity contribution in [1.29, 1.82) is 0 Å². The summed E-state index contributed by atoms with van der Waals surface area (Å²) in [6, 6.07) is 4.57. The molecule has 0 bridgehead atoms. The number of hydrogen-bond donors (Lipinski definition) is 2. The van der Waals surface area contributed by atoms with Gasteiger partial charge in [-0.3, -0.25) is 0 Å². The standard InChI is InChI=1S/C12H17NO3/c1-3-4-8(2)16-11-7-9(13)5-6-10(11)12(14)15/h5-8H,3-4,13H2,1-2H3,(H,14,15). The molecule has 0 radical (unpaired) electrons. The fourth-order valence-electron chi connectivity index (χ4n) is 1.50. The zero-order chi connectivity index (χ0) is 12.1. The van der Waals surface area contributed by atoms with E-state index in [4.69, 9.17) is 15.6 Å². The fourth-order valence-corrected chi connectivity index (χ4v) is 1.50. The molecule has 4 nitrogen and oxygen atoms in total. The van der Waals surface area contributed by atoms with Crippen LogP contribution in [0.4, 0.5) is 5.69 Å². The highest BCUT2D eigenvalue weighted by Gasteiger charge is 2.13. The van der Waals surface area contributed by atoms with E-state index in [0.717, 1.165) is 12.8 Å². The second-order valence-electron chi connectivity index (χ2n) is 3.78. The van der Waals surface area contributed by atoms with Crippen LogP contribution in [-0.4, -0.2) is 17.2 Å². The van der Waals surface area contributed by atoms with Gasteiger partial charge in [0.15, 0.2) is 0 Å². The predicted octanol–water partition coefficient (Wildman–Crippen LogP) is 2.53.